The zero-order valence-corrected chi connectivity index (χ0v) is 21.7. The minimum Gasteiger partial charge on any atom is -0.393 e. The van der Waals surface area contributed by atoms with Gasteiger partial charge in [0.1, 0.15) is 0 Å². The van der Waals surface area contributed by atoms with E-state index in [2.05, 4.69) is 56.3 Å². The van der Waals surface area contributed by atoms with Gasteiger partial charge in [-0.15, -0.1) is 0 Å². The Balaban J connectivity index is 1.31. The van der Waals surface area contributed by atoms with Gasteiger partial charge in [0, 0.05) is 40.4 Å². The Labute approximate surface area is 216 Å². The van der Waals surface area contributed by atoms with E-state index < -0.39 is 11.9 Å². The molecule has 1 spiro atoms. The lowest BCUT2D eigenvalue weighted by Crippen LogP contribution is -2.45. The number of rotatable bonds is 7. The van der Waals surface area contributed by atoms with E-state index >= 15 is 0 Å². The lowest BCUT2D eigenvalue weighted by atomic mass is 9.90. The molecule has 3 atom stereocenters. The molecule has 3 unspecified atom stereocenters. The van der Waals surface area contributed by atoms with Crippen LogP contribution in [0.3, 0.4) is 0 Å². The number of hydrogen-bond donors (Lipinski definition) is 1. The van der Waals surface area contributed by atoms with Crippen LogP contribution in [0.2, 0.25) is 5.02 Å². The Hall–Kier alpha value is -1.86. The zero-order valence-electron chi connectivity index (χ0n) is 20.1. The molecular formula is C29H31ClO4S. The Morgan fingerprint density at radius 2 is 1.83 bits per heavy atom. The first-order valence-electron chi connectivity index (χ1n) is 12.2. The Bertz CT molecular complexity index is 1160. The summed E-state index contributed by atoms with van der Waals surface area (Å²) in [6.45, 7) is 5.00. The van der Waals surface area contributed by atoms with Crippen LogP contribution in [-0.4, -0.2) is 23.9 Å². The van der Waals surface area contributed by atoms with Crippen LogP contribution in [0, 0.1) is 6.92 Å². The molecule has 0 aliphatic carbocycles. The molecule has 184 valence electrons. The van der Waals surface area contributed by atoms with Crippen molar-refractivity contribution < 1.29 is 18.8 Å². The summed E-state index contributed by atoms with van der Waals surface area (Å²) in [4.78, 5) is 1.04. The van der Waals surface area contributed by atoms with Crippen LogP contribution in [0.1, 0.15) is 53.1 Å². The average Bonchev–Trinajstić information content (AvgIpc) is 3.16. The fraction of sp³-hybridized carbons (Fsp3) is 0.379. The Kier molecular flexibility index (Phi) is 7.54. The van der Waals surface area contributed by atoms with Gasteiger partial charge in [-0.25, -0.2) is 0 Å². The molecule has 1 fully saturated rings. The number of aryl methyl sites for hydroxylation is 2. The predicted octanol–water partition coefficient (Wildman–Crippen LogP) is 6.75. The molecule has 0 amide bonds. The molecule has 5 rings (SSSR count). The van der Waals surface area contributed by atoms with Crippen molar-refractivity contribution in [2.24, 2.45) is 0 Å². The van der Waals surface area contributed by atoms with Crippen molar-refractivity contribution in [1.82, 2.24) is 0 Å². The van der Waals surface area contributed by atoms with Crippen molar-refractivity contribution in [1.29, 1.82) is 0 Å². The quantitative estimate of drug-likeness (QED) is 0.356. The number of hydrogen-bond acceptors (Lipinski definition) is 5. The highest BCUT2D eigenvalue weighted by molar-refractivity contribution is 7.94. The monoisotopic (exact) mass is 510 g/mol. The number of halogens is 1. The van der Waals surface area contributed by atoms with E-state index in [1.54, 1.807) is 0 Å². The third-order valence-electron chi connectivity index (χ3n) is 6.80. The molecular weight excluding hydrogens is 480 g/mol. The van der Waals surface area contributed by atoms with Crippen LogP contribution in [-0.2, 0) is 38.9 Å². The Morgan fingerprint density at radius 1 is 1.09 bits per heavy atom. The second kappa shape index (κ2) is 10.6. The van der Waals surface area contributed by atoms with E-state index in [-0.39, 0.29) is 6.10 Å². The molecule has 1 saturated heterocycles. The lowest BCUT2D eigenvalue weighted by molar-refractivity contribution is -0.301. The van der Waals surface area contributed by atoms with E-state index in [1.807, 2.05) is 18.2 Å². The van der Waals surface area contributed by atoms with Crippen LogP contribution < -0.4 is 0 Å². The van der Waals surface area contributed by atoms with Crippen LogP contribution in [0.4, 0.5) is 0 Å². The van der Waals surface area contributed by atoms with Gasteiger partial charge in [0.2, 0.25) is 0 Å². The topological polar surface area (TPSA) is 47.9 Å². The summed E-state index contributed by atoms with van der Waals surface area (Å²) in [5.74, 6) is -0.971. The first-order valence-corrected chi connectivity index (χ1v) is 13.3. The standard InChI is InChI=1S/C29H31ClO4S/c1-3-20-6-8-21(9-7-20)12-22-13-27-23(14-28(22)30)17-32-29(27)16-24(31)15-25(34-29)18-33-35-26-10-4-19(2)5-11-26/h4-11,13-14,24-25,31H,3,12,15-18H2,1-2H3. The summed E-state index contributed by atoms with van der Waals surface area (Å²) in [5.41, 5.74) is 6.76. The highest BCUT2D eigenvalue weighted by atomic mass is 35.5. The third-order valence-corrected chi connectivity index (χ3v) is 7.87. The van der Waals surface area contributed by atoms with Crippen LogP contribution in [0.25, 0.3) is 0 Å². The summed E-state index contributed by atoms with van der Waals surface area (Å²) in [7, 11) is 0. The number of aliphatic hydroxyl groups is 1. The molecule has 0 saturated carbocycles. The maximum Gasteiger partial charge on any atom is 0.198 e. The molecule has 2 aliphatic heterocycles. The molecule has 0 bridgehead atoms. The lowest BCUT2D eigenvalue weighted by Gasteiger charge is -2.40. The predicted molar refractivity (Wildman–Crippen MR) is 140 cm³/mol. The van der Waals surface area contributed by atoms with Gasteiger partial charge in [0.25, 0.3) is 0 Å². The van der Waals surface area contributed by atoms with Gasteiger partial charge in [-0.05, 0) is 66.3 Å². The summed E-state index contributed by atoms with van der Waals surface area (Å²) in [6.07, 6.45) is 1.85. The number of fused-ring (bicyclic) bond motifs is 2. The molecule has 3 aromatic carbocycles. The molecule has 2 aliphatic rings. The third kappa shape index (κ3) is 5.61. The van der Waals surface area contributed by atoms with Crippen LogP contribution in [0.15, 0.2) is 65.6 Å². The maximum absolute atomic E-state index is 10.7. The zero-order chi connectivity index (χ0) is 24.4. The smallest absolute Gasteiger partial charge is 0.198 e. The fourth-order valence-electron chi connectivity index (χ4n) is 4.86. The summed E-state index contributed by atoms with van der Waals surface area (Å²) >= 11 is 8.00. The van der Waals surface area contributed by atoms with Gasteiger partial charge in [0.15, 0.2) is 5.79 Å². The SMILES string of the molecule is CCc1ccc(Cc2cc3c(cc2Cl)COC32CC(O)CC(COSc3ccc(C)cc3)O2)cc1. The molecule has 0 aromatic heterocycles. The van der Waals surface area contributed by atoms with Gasteiger partial charge in [-0.1, -0.05) is 60.5 Å². The van der Waals surface area contributed by atoms with E-state index in [0.717, 1.165) is 39.5 Å². The van der Waals surface area contributed by atoms with Gasteiger partial charge >= 0.3 is 0 Å². The van der Waals surface area contributed by atoms with Gasteiger partial charge in [0.05, 0.1) is 25.4 Å². The van der Waals surface area contributed by atoms with Gasteiger partial charge < -0.3 is 18.8 Å². The molecule has 6 heteroatoms. The normalized spacial score (nSPS) is 23.5. The van der Waals surface area contributed by atoms with Crippen molar-refractivity contribution in [3.05, 3.63) is 99.1 Å². The van der Waals surface area contributed by atoms with Crippen LogP contribution in [0.5, 0.6) is 0 Å². The van der Waals surface area contributed by atoms with Crippen molar-refractivity contribution in [3.63, 3.8) is 0 Å². The largest absolute Gasteiger partial charge is 0.393 e. The van der Waals surface area contributed by atoms with E-state index in [9.17, 15) is 5.11 Å². The van der Waals surface area contributed by atoms with E-state index in [0.29, 0.717) is 26.1 Å². The number of ether oxygens (including phenoxy) is 2. The minimum atomic E-state index is -0.971. The first kappa shape index (κ1) is 24.8. The molecule has 2 heterocycles. The summed E-state index contributed by atoms with van der Waals surface area (Å²) < 4.78 is 18.6. The molecule has 1 N–H and O–H groups in total. The number of aliphatic hydroxyl groups excluding tert-OH is 1. The fourth-order valence-corrected chi connectivity index (χ4v) is 5.71. The average molecular weight is 511 g/mol. The summed E-state index contributed by atoms with van der Waals surface area (Å²) in [5, 5.41) is 11.5. The number of benzene rings is 3. The minimum absolute atomic E-state index is 0.275. The maximum atomic E-state index is 10.7. The van der Waals surface area contributed by atoms with Crippen molar-refractivity contribution >= 4 is 23.6 Å². The van der Waals surface area contributed by atoms with Gasteiger partial charge in [-0.2, -0.15) is 0 Å². The highest BCUT2D eigenvalue weighted by Gasteiger charge is 2.48. The van der Waals surface area contributed by atoms with Crippen LogP contribution >= 0.6 is 23.6 Å². The van der Waals surface area contributed by atoms with E-state index in [1.165, 1.54) is 28.7 Å². The second-order valence-corrected chi connectivity index (χ2v) is 10.8. The first-order chi connectivity index (χ1) is 16.9. The van der Waals surface area contributed by atoms with E-state index in [4.69, 9.17) is 25.3 Å². The molecule has 3 aromatic rings. The molecule has 4 nitrogen and oxygen atoms in total. The Morgan fingerprint density at radius 3 is 2.57 bits per heavy atom. The summed E-state index contributed by atoms with van der Waals surface area (Å²) in [6, 6.07) is 21.0. The van der Waals surface area contributed by atoms with Crippen molar-refractivity contribution in [2.75, 3.05) is 6.61 Å². The van der Waals surface area contributed by atoms with Crippen molar-refractivity contribution in [2.45, 2.75) is 69.0 Å². The van der Waals surface area contributed by atoms with Gasteiger partial charge in [-0.3, -0.25) is 0 Å². The van der Waals surface area contributed by atoms with Crippen molar-refractivity contribution in [3.8, 4) is 0 Å². The molecule has 35 heavy (non-hydrogen) atoms. The second-order valence-electron chi connectivity index (χ2n) is 9.50. The molecule has 0 radical (unpaired) electrons. The highest BCUT2D eigenvalue weighted by Crippen LogP contribution is 2.47.